The number of aromatic nitrogens is 1. The molecule has 0 spiro atoms. The number of nitrogens with one attached hydrogen (secondary N) is 1. The Labute approximate surface area is 170 Å². The number of aryl methyl sites for hydroxylation is 2. The number of benzene rings is 1. The molecule has 0 aliphatic heterocycles. The molecular weight excluding hydrogens is 366 g/mol. The van der Waals surface area contributed by atoms with Crippen LogP contribution in [0.25, 0.3) is 10.2 Å². The van der Waals surface area contributed by atoms with Crippen molar-refractivity contribution in [2.24, 2.45) is 11.3 Å². The molecule has 1 amide bonds. The molecule has 0 saturated heterocycles. The van der Waals surface area contributed by atoms with E-state index in [-0.39, 0.29) is 11.3 Å². The van der Waals surface area contributed by atoms with Gasteiger partial charge in [0.05, 0.1) is 5.69 Å². The van der Waals surface area contributed by atoms with Crippen LogP contribution in [-0.4, -0.2) is 10.9 Å². The molecule has 3 aromatic rings. The molecule has 1 aromatic carbocycles. The summed E-state index contributed by atoms with van der Waals surface area (Å²) in [6, 6.07) is 9.93. The smallest absolute Gasteiger partial charge is 0.267 e. The molecule has 1 aliphatic rings. The van der Waals surface area contributed by atoms with Crippen molar-refractivity contribution in [2.45, 2.75) is 47.0 Å². The van der Waals surface area contributed by atoms with Crippen molar-refractivity contribution in [3.63, 3.8) is 0 Å². The Morgan fingerprint density at radius 2 is 1.96 bits per heavy atom. The van der Waals surface area contributed by atoms with Gasteiger partial charge in [0.1, 0.15) is 9.71 Å². The maximum absolute atomic E-state index is 12.8. The van der Waals surface area contributed by atoms with Crippen LogP contribution in [0.5, 0.6) is 0 Å². The third-order valence-corrected chi connectivity index (χ3v) is 6.94. The summed E-state index contributed by atoms with van der Waals surface area (Å²) in [4.78, 5) is 19.1. The zero-order chi connectivity index (χ0) is 20.1. The lowest BCUT2D eigenvalue weighted by Gasteiger charge is -2.34. The molecule has 146 valence electrons. The molecule has 2 aromatic heterocycles. The van der Waals surface area contributed by atoms with Crippen molar-refractivity contribution >= 4 is 38.8 Å². The summed E-state index contributed by atoms with van der Waals surface area (Å²) in [6.45, 7) is 8.94. The third kappa shape index (κ3) is 3.51. The number of nitrogens with zero attached hydrogens (tertiary/aromatic N) is 1. The molecule has 2 heterocycles. The van der Waals surface area contributed by atoms with Gasteiger partial charge in [0, 0.05) is 16.8 Å². The van der Waals surface area contributed by atoms with E-state index in [2.05, 4.69) is 32.2 Å². The summed E-state index contributed by atoms with van der Waals surface area (Å²) < 4.78 is 0. The highest BCUT2D eigenvalue weighted by Gasteiger charge is 2.30. The molecule has 5 heteroatoms. The van der Waals surface area contributed by atoms with E-state index in [0.29, 0.717) is 16.5 Å². The summed E-state index contributed by atoms with van der Waals surface area (Å²) in [5, 5.41) is 3.86. The van der Waals surface area contributed by atoms with Crippen molar-refractivity contribution in [1.29, 1.82) is 0 Å². The summed E-state index contributed by atoms with van der Waals surface area (Å²) in [6.07, 6.45) is 3.19. The highest BCUT2D eigenvalue weighted by Crippen LogP contribution is 2.40. The Balaban J connectivity index is 1.65. The average molecular weight is 394 g/mol. The fourth-order valence-corrected chi connectivity index (χ4v) is 4.91. The Bertz CT molecular complexity index is 1040. The van der Waals surface area contributed by atoms with Crippen molar-refractivity contribution in [2.75, 3.05) is 11.1 Å². The lowest BCUT2D eigenvalue weighted by Crippen LogP contribution is -2.27. The van der Waals surface area contributed by atoms with Gasteiger partial charge in [0.15, 0.2) is 0 Å². The van der Waals surface area contributed by atoms with Gasteiger partial charge >= 0.3 is 0 Å². The minimum atomic E-state index is -0.171. The molecule has 0 radical (unpaired) electrons. The minimum Gasteiger partial charge on any atom is -0.397 e. The number of hydrogen-bond donors (Lipinski definition) is 2. The second-order valence-electron chi connectivity index (χ2n) is 8.92. The van der Waals surface area contributed by atoms with Gasteiger partial charge in [-0.1, -0.05) is 38.5 Å². The molecule has 4 nitrogen and oxygen atoms in total. The molecule has 4 rings (SSSR count). The Morgan fingerprint density at radius 1 is 1.25 bits per heavy atom. The van der Waals surface area contributed by atoms with E-state index in [4.69, 9.17) is 10.7 Å². The van der Waals surface area contributed by atoms with Crippen molar-refractivity contribution < 1.29 is 4.79 Å². The van der Waals surface area contributed by atoms with Gasteiger partial charge in [0.25, 0.3) is 5.91 Å². The molecular formula is C23H27N3OS. The van der Waals surface area contributed by atoms with E-state index < -0.39 is 0 Å². The maximum atomic E-state index is 12.8. The van der Waals surface area contributed by atoms with Crippen LogP contribution < -0.4 is 11.1 Å². The number of fused-ring (bicyclic) bond motifs is 2. The van der Waals surface area contributed by atoms with Crippen LogP contribution in [0.2, 0.25) is 0 Å². The number of thiophene rings is 1. The number of amides is 1. The monoisotopic (exact) mass is 393 g/mol. The van der Waals surface area contributed by atoms with Gasteiger partial charge < -0.3 is 11.1 Å². The van der Waals surface area contributed by atoms with E-state index in [9.17, 15) is 4.79 Å². The van der Waals surface area contributed by atoms with Gasteiger partial charge in [-0.2, -0.15) is 0 Å². The second-order valence-corrected chi connectivity index (χ2v) is 9.92. The number of carbonyl (C=O) groups excluding carboxylic acids is 1. The molecule has 28 heavy (non-hydrogen) atoms. The maximum Gasteiger partial charge on any atom is 0.267 e. The Morgan fingerprint density at radius 3 is 2.64 bits per heavy atom. The predicted octanol–water partition coefficient (Wildman–Crippen LogP) is 5.59. The SMILES string of the molecule is Cc1ccc(NC(=O)c2sc3nc4c(cc3c2N)C[C@H](C(C)(C)C)CC4)cc1. The standard InChI is InChI=1S/C23H27N3OS/c1-13-5-8-16(9-6-13)25-21(27)20-19(24)17-12-14-11-15(23(2,3)4)7-10-18(14)26-22(17)28-20/h5-6,8-9,12,15H,7,10-11,24H2,1-4H3,(H,25,27)/t15-/m1/s1. The van der Waals surface area contributed by atoms with Crippen LogP contribution in [0.3, 0.4) is 0 Å². The van der Waals surface area contributed by atoms with Crippen LogP contribution in [0.15, 0.2) is 30.3 Å². The van der Waals surface area contributed by atoms with Crippen LogP contribution in [0, 0.1) is 18.3 Å². The topological polar surface area (TPSA) is 68.0 Å². The summed E-state index contributed by atoms with van der Waals surface area (Å²) in [5.74, 6) is 0.471. The fourth-order valence-electron chi connectivity index (χ4n) is 3.92. The number of anilines is 2. The largest absolute Gasteiger partial charge is 0.397 e. The first-order valence-electron chi connectivity index (χ1n) is 9.81. The first kappa shape index (κ1) is 18.9. The number of nitrogens with two attached hydrogens (primary N) is 1. The van der Waals surface area contributed by atoms with E-state index in [1.54, 1.807) is 0 Å². The van der Waals surface area contributed by atoms with E-state index >= 15 is 0 Å². The van der Waals surface area contributed by atoms with E-state index in [1.165, 1.54) is 22.6 Å². The zero-order valence-corrected chi connectivity index (χ0v) is 17.7. The molecule has 0 unspecified atom stereocenters. The van der Waals surface area contributed by atoms with Crippen LogP contribution >= 0.6 is 11.3 Å². The first-order chi connectivity index (χ1) is 13.2. The second kappa shape index (κ2) is 6.89. The van der Waals surface area contributed by atoms with Gasteiger partial charge in [-0.15, -0.1) is 11.3 Å². The van der Waals surface area contributed by atoms with Crippen molar-refractivity contribution in [3.8, 4) is 0 Å². The van der Waals surface area contributed by atoms with Gasteiger partial charge in [0.2, 0.25) is 0 Å². The number of nitrogen functional groups attached to an aromatic ring is 1. The van der Waals surface area contributed by atoms with Crippen LogP contribution in [-0.2, 0) is 12.8 Å². The lowest BCUT2D eigenvalue weighted by molar-refractivity contribution is 0.103. The average Bonchev–Trinajstić information content (AvgIpc) is 2.96. The lowest BCUT2D eigenvalue weighted by atomic mass is 9.71. The highest BCUT2D eigenvalue weighted by molar-refractivity contribution is 7.21. The third-order valence-electron chi connectivity index (χ3n) is 5.83. The number of rotatable bonds is 2. The molecule has 0 fully saturated rings. The van der Waals surface area contributed by atoms with E-state index in [0.717, 1.165) is 40.7 Å². The summed E-state index contributed by atoms with van der Waals surface area (Å²) in [7, 11) is 0. The predicted molar refractivity (Wildman–Crippen MR) is 118 cm³/mol. The van der Waals surface area contributed by atoms with Crippen LogP contribution in [0.1, 0.15) is 53.7 Å². The normalized spacial score (nSPS) is 16.8. The minimum absolute atomic E-state index is 0.171. The van der Waals surface area contributed by atoms with Crippen molar-refractivity contribution in [1.82, 2.24) is 4.98 Å². The fraction of sp³-hybridized carbons (Fsp3) is 0.391. The van der Waals surface area contributed by atoms with Gasteiger partial charge in [-0.3, -0.25) is 4.79 Å². The number of pyridine rings is 1. The van der Waals surface area contributed by atoms with Crippen molar-refractivity contribution in [3.05, 3.63) is 52.0 Å². The molecule has 1 atom stereocenters. The number of hydrogen-bond acceptors (Lipinski definition) is 4. The molecule has 0 saturated carbocycles. The number of carbonyl (C=O) groups is 1. The van der Waals surface area contributed by atoms with Crippen LogP contribution in [0.4, 0.5) is 11.4 Å². The Kier molecular flexibility index (Phi) is 4.66. The first-order valence-corrected chi connectivity index (χ1v) is 10.6. The van der Waals surface area contributed by atoms with Gasteiger partial charge in [-0.25, -0.2) is 4.98 Å². The highest BCUT2D eigenvalue weighted by atomic mass is 32.1. The van der Waals surface area contributed by atoms with Gasteiger partial charge in [-0.05, 0) is 61.3 Å². The summed E-state index contributed by atoms with van der Waals surface area (Å²) in [5.41, 5.74) is 11.6. The zero-order valence-electron chi connectivity index (χ0n) is 16.9. The Hall–Kier alpha value is -2.40. The molecule has 1 aliphatic carbocycles. The molecule has 3 N–H and O–H groups in total. The quantitative estimate of drug-likeness (QED) is 0.596. The summed E-state index contributed by atoms with van der Waals surface area (Å²) >= 11 is 1.39. The van der Waals surface area contributed by atoms with E-state index in [1.807, 2.05) is 31.2 Å². The molecule has 0 bridgehead atoms.